The first-order valence-electron chi connectivity index (χ1n) is 6.64. The first-order valence-corrected chi connectivity index (χ1v) is 6.64. The summed E-state index contributed by atoms with van der Waals surface area (Å²) in [6.45, 7) is 10.9. The number of hydrogen-bond acceptors (Lipinski definition) is 1. The third-order valence-corrected chi connectivity index (χ3v) is 2.42. The molecule has 1 aliphatic heterocycles. The van der Waals surface area contributed by atoms with Gasteiger partial charge in [-0.1, -0.05) is 45.4 Å². The van der Waals surface area contributed by atoms with Gasteiger partial charge in [0, 0.05) is 18.7 Å². The van der Waals surface area contributed by atoms with E-state index in [0.29, 0.717) is 6.42 Å². The molecule has 0 saturated carbocycles. The number of amides is 1. The quantitative estimate of drug-likeness (QED) is 0.715. The smallest absolute Gasteiger partial charge is 0.227 e. The molecule has 2 nitrogen and oxygen atoms in total. The minimum absolute atomic E-state index is 0.254. The summed E-state index contributed by atoms with van der Waals surface area (Å²) >= 11 is 0. The number of aryl methyl sites for hydroxylation is 1. The Balaban J connectivity index is 0.000000581. The largest absolute Gasteiger partial charge is 0.312 e. The number of anilines is 1. The molecule has 1 aliphatic rings. The van der Waals surface area contributed by atoms with E-state index in [4.69, 9.17) is 0 Å². The molecular weight excluding hydrogens is 210 g/mol. The molecule has 17 heavy (non-hydrogen) atoms. The molecule has 0 aromatic heterocycles. The number of carbonyl (C=O) groups is 1. The van der Waals surface area contributed by atoms with Crippen LogP contribution in [0.25, 0.3) is 0 Å². The molecule has 1 saturated heterocycles. The lowest BCUT2D eigenvalue weighted by atomic mass is 10.2. The molecule has 0 atom stereocenters. The van der Waals surface area contributed by atoms with Crippen molar-refractivity contribution in [1.82, 2.24) is 0 Å². The second-order valence-corrected chi connectivity index (χ2v) is 3.48. The predicted molar refractivity (Wildman–Crippen MR) is 75.5 cm³/mol. The van der Waals surface area contributed by atoms with Crippen LogP contribution in [-0.2, 0) is 4.79 Å². The van der Waals surface area contributed by atoms with E-state index in [1.807, 2.05) is 56.9 Å². The lowest BCUT2D eigenvalue weighted by molar-refractivity contribution is -0.117. The highest BCUT2D eigenvalue weighted by molar-refractivity contribution is 5.95. The summed E-state index contributed by atoms with van der Waals surface area (Å²) < 4.78 is 0. The van der Waals surface area contributed by atoms with Crippen LogP contribution in [0.3, 0.4) is 0 Å². The van der Waals surface area contributed by atoms with Crippen LogP contribution >= 0.6 is 0 Å². The van der Waals surface area contributed by atoms with Crippen molar-refractivity contribution in [3.8, 4) is 0 Å². The van der Waals surface area contributed by atoms with E-state index < -0.39 is 0 Å². The number of hydrogen-bond donors (Lipinski definition) is 0. The molecule has 2 rings (SSSR count). The van der Waals surface area contributed by atoms with Crippen LogP contribution in [0.5, 0.6) is 0 Å². The summed E-state index contributed by atoms with van der Waals surface area (Å²) in [5.74, 6) is 0.254. The van der Waals surface area contributed by atoms with Crippen LogP contribution in [0, 0.1) is 6.92 Å². The molecule has 1 amide bonds. The van der Waals surface area contributed by atoms with Crippen molar-refractivity contribution in [2.24, 2.45) is 0 Å². The molecule has 96 valence electrons. The molecule has 0 unspecified atom stereocenters. The third kappa shape index (κ3) is 4.59. The van der Waals surface area contributed by atoms with Crippen molar-refractivity contribution in [2.75, 3.05) is 11.4 Å². The van der Waals surface area contributed by atoms with Crippen LogP contribution < -0.4 is 4.90 Å². The topological polar surface area (TPSA) is 20.3 Å². The normalized spacial score (nSPS) is 13.5. The standard InChI is InChI=1S/C11H13NO.2C2H6/c1-9-4-6-10(7-5-9)12-8-2-3-11(12)13;2*1-2/h4-7H,2-3,8H2,1H3;2*1-2H3. The lowest BCUT2D eigenvalue weighted by Crippen LogP contribution is -2.23. The highest BCUT2D eigenvalue weighted by atomic mass is 16.2. The monoisotopic (exact) mass is 235 g/mol. The van der Waals surface area contributed by atoms with Gasteiger partial charge < -0.3 is 4.90 Å². The number of carbonyl (C=O) groups excluding carboxylic acids is 1. The Morgan fingerprint density at radius 1 is 1.00 bits per heavy atom. The summed E-state index contributed by atoms with van der Waals surface area (Å²) in [4.78, 5) is 13.2. The molecular formula is C15H25NO. The van der Waals surface area contributed by atoms with Gasteiger partial charge in [-0.05, 0) is 25.5 Å². The van der Waals surface area contributed by atoms with Crippen molar-refractivity contribution < 1.29 is 4.79 Å². The van der Waals surface area contributed by atoms with E-state index in [2.05, 4.69) is 6.92 Å². The molecule has 0 spiro atoms. The van der Waals surface area contributed by atoms with Gasteiger partial charge in [0.2, 0.25) is 5.91 Å². The molecule has 1 heterocycles. The first kappa shape index (κ1) is 15.7. The van der Waals surface area contributed by atoms with E-state index in [0.717, 1.165) is 18.7 Å². The molecule has 0 aliphatic carbocycles. The van der Waals surface area contributed by atoms with Gasteiger partial charge >= 0.3 is 0 Å². The Morgan fingerprint density at radius 2 is 1.53 bits per heavy atom. The second kappa shape index (κ2) is 8.80. The van der Waals surface area contributed by atoms with Gasteiger partial charge in [-0.3, -0.25) is 4.79 Å². The van der Waals surface area contributed by atoms with Crippen molar-refractivity contribution in [1.29, 1.82) is 0 Å². The van der Waals surface area contributed by atoms with Gasteiger partial charge in [0.15, 0.2) is 0 Å². The maximum Gasteiger partial charge on any atom is 0.227 e. The number of rotatable bonds is 1. The Labute approximate surface area is 106 Å². The third-order valence-electron chi connectivity index (χ3n) is 2.42. The number of benzene rings is 1. The van der Waals surface area contributed by atoms with Crippen LogP contribution in [0.4, 0.5) is 5.69 Å². The molecule has 1 fully saturated rings. The minimum atomic E-state index is 0.254. The zero-order valence-corrected chi connectivity index (χ0v) is 11.8. The fraction of sp³-hybridized carbons (Fsp3) is 0.533. The maximum absolute atomic E-state index is 11.4. The van der Waals surface area contributed by atoms with Gasteiger partial charge in [-0.2, -0.15) is 0 Å². The summed E-state index contributed by atoms with van der Waals surface area (Å²) in [6.07, 6.45) is 1.70. The van der Waals surface area contributed by atoms with Crippen LogP contribution in [0.15, 0.2) is 24.3 Å². The summed E-state index contributed by atoms with van der Waals surface area (Å²) in [5.41, 5.74) is 2.27. The van der Waals surface area contributed by atoms with Gasteiger partial charge in [0.25, 0.3) is 0 Å². The van der Waals surface area contributed by atoms with E-state index in [9.17, 15) is 4.79 Å². The van der Waals surface area contributed by atoms with Crippen molar-refractivity contribution in [3.05, 3.63) is 29.8 Å². The molecule has 0 N–H and O–H groups in total. The van der Waals surface area contributed by atoms with Crippen molar-refractivity contribution >= 4 is 11.6 Å². The zero-order chi connectivity index (χ0) is 13.3. The molecule has 0 radical (unpaired) electrons. The summed E-state index contributed by atoms with van der Waals surface area (Å²) in [7, 11) is 0. The van der Waals surface area contributed by atoms with E-state index in [1.54, 1.807) is 0 Å². The minimum Gasteiger partial charge on any atom is -0.312 e. The zero-order valence-electron chi connectivity index (χ0n) is 11.8. The lowest BCUT2D eigenvalue weighted by Gasteiger charge is -2.15. The Hall–Kier alpha value is -1.31. The van der Waals surface area contributed by atoms with Gasteiger partial charge in [0.1, 0.15) is 0 Å². The number of nitrogens with zero attached hydrogens (tertiary/aromatic N) is 1. The fourth-order valence-electron chi connectivity index (χ4n) is 1.65. The van der Waals surface area contributed by atoms with Gasteiger partial charge in [-0.15, -0.1) is 0 Å². The van der Waals surface area contributed by atoms with E-state index >= 15 is 0 Å². The molecule has 1 aromatic rings. The first-order chi connectivity index (χ1) is 8.27. The van der Waals surface area contributed by atoms with E-state index in [-0.39, 0.29) is 5.91 Å². The molecule has 1 aromatic carbocycles. The van der Waals surface area contributed by atoms with Gasteiger partial charge in [-0.25, -0.2) is 0 Å². The fourth-order valence-corrected chi connectivity index (χ4v) is 1.65. The van der Waals surface area contributed by atoms with Crippen LogP contribution in [-0.4, -0.2) is 12.5 Å². The molecule has 0 bridgehead atoms. The Bertz CT molecular complexity index is 316. The summed E-state index contributed by atoms with van der Waals surface area (Å²) in [6, 6.07) is 8.11. The van der Waals surface area contributed by atoms with Crippen molar-refractivity contribution in [3.63, 3.8) is 0 Å². The van der Waals surface area contributed by atoms with Crippen LogP contribution in [0.1, 0.15) is 46.1 Å². The maximum atomic E-state index is 11.4. The summed E-state index contributed by atoms with van der Waals surface area (Å²) in [5, 5.41) is 0. The Morgan fingerprint density at radius 3 is 1.94 bits per heavy atom. The highest BCUT2D eigenvalue weighted by Gasteiger charge is 2.20. The molecule has 2 heteroatoms. The van der Waals surface area contributed by atoms with Gasteiger partial charge in [0.05, 0.1) is 0 Å². The predicted octanol–water partition coefficient (Wildman–Crippen LogP) is 4.17. The average Bonchev–Trinajstić information content (AvgIpc) is 2.82. The van der Waals surface area contributed by atoms with E-state index in [1.165, 1.54) is 5.56 Å². The Kier molecular flexibility index (Phi) is 8.12. The second-order valence-electron chi connectivity index (χ2n) is 3.48. The van der Waals surface area contributed by atoms with Crippen molar-refractivity contribution in [2.45, 2.75) is 47.5 Å². The van der Waals surface area contributed by atoms with Crippen LogP contribution in [0.2, 0.25) is 0 Å². The highest BCUT2D eigenvalue weighted by Crippen LogP contribution is 2.21. The SMILES string of the molecule is CC.CC.Cc1ccc(N2CCCC2=O)cc1. The average molecular weight is 235 g/mol.